The van der Waals surface area contributed by atoms with E-state index in [-0.39, 0.29) is 16.8 Å². The molecule has 1 aliphatic carbocycles. The summed E-state index contributed by atoms with van der Waals surface area (Å²) in [6, 6.07) is 6.33. The lowest BCUT2D eigenvalue weighted by molar-refractivity contribution is 0.0664. The van der Waals surface area contributed by atoms with Crippen molar-refractivity contribution in [1.82, 2.24) is 14.5 Å². The highest BCUT2D eigenvalue weighted by molar-refractivity contribution is 7.89. The average molecular weight is 351 g/mol. The van der Waals surface area contributed by atoms with E-state index in [1.54, 1.807) is 12.1 Å². The SMILES string of the molecule is CN1CCN(C(=O)c2ccc(S(=O)(=O)NC3CCCC3)cc2)CC1. The first kappa shape index (κ1) is 17.4. The first-order valence-corrected chi connectivity index (χ1v) is 10.0. The van der Waals surface area contributed by atoms with Gasteiger partial charge in [0.2, 0.25) is 10.0 Å². The molecule has 1 aromatic carbocycles. The van der Waals surface area contributed by atoms with Crippen molar-refractivity contribution in [3.8, 4) is 0 Å². The van der Waals surface area contributed by atoms with Crippen LogP contribution in [-0.2, 0) is 10.0 Å². The zero-order valence-corrected chi connectivity index (χ0v) is 14.9. The molecule has 0 spiro atoms. The van der Waals surface area contributed by atoms with Gasteiger partial charge in [-0.25, -0.2) is 13.1 Å². The van der Waals surface area contributed by atoms with Crippen molar-refractivity contribution < 1.29 is 13.2 Å². The van der Waals surface area contributed by atoms with E-state index in [4.69, 9.17) is 0 Å². The smallest absolute Gasteiger partial charge is 0.253 e. The van der Waals surface area contributed by atoms with Crippen LogP contribution in [0.15, 0.2) is 29.2 Å². The number of likely N-dealkylation sites (N-methyl/N-ethyl adjacent to an activating group) is 1. The second kappa shape index (κ2) is 7.21. The number of hydrogen-bond donors (Lipinski definition) is 1. The van der Waals surface area contributed by atoms with Crippen LogP contribution in [0.2, 0.25) is 0 Å². The molecule has 7 heteroatoms. The van der Waals surface area contributed by atoms with Gasteiger partial charge in [0.15, 0.2) is 0 Å². The predicted molar refractivity (Wildman–Crippen MR) is 92.4 cm³/mol. The number of nitrogens with one attached hydrogen (secondary N) is 1. The van der Waals surface area contributed by atoms with Crippen LogP contribution in [-0.4, -0.2) is 63.4 Å². The van der Waals surface area contributed by atoms with Crippen LogP contribution in [0, 0.1) is 0 Å². The molecule has 24 heavy (non-hydrogen) atoms. The summed E-state index contributed by atoms with van der Waals surface area (Å²) in [7, 11) is -1.46. The summed E-state index contributed by atoms with van der Waals surface area (Å²) < 4.78 is 27.5. The number of amides is 1. The standard InChI is InChI=1S/C17H25N3O3S/c1-19-10-12-20(13-11-19)17(21)14-6-8-16(9-7-14)24(22,23)18-15-4-2-3-5-15/h6-9,15,18H,2-5,10-13H2,1H3. The van der Waals surface area contributed by atoms with E-state index in [1.165, 1.54) is 12.1 Å². The summed E-state index contributed by atoms with van der Waals surface area (Å²) in [5.41, 5.74) is 0.541. The first-order valence-electron chi connectivity index (χ1n) is 8.56. The molecule has 0 atom stereocenters. The fourth-order valence-electron chi connectivity index (χ4n) is 3.30. The Morgan fingerprint density at radius 1 is 1.04 bits per heavy atom. The molecule has 1 amide bonds. The van der Waals surface area contributed by atoms with Crippen molar-refractivity contribution in [3.63, 3.8) is 0 Å². The van der Waals surface area contributed by atoms with Crippen LogP contribution >= 0.6 is 0 Å². The number of piperazine rings is 1. The van der Waals surface area contributed by atoms with Crippen molar-refractivity contribution in [1.29, 1.82) is 0 Å². The first-order chi connectivity index (χ1) is 11.5. The Morgan fingerprint density at radius 3 is 2.21 bits per heavy atom. The summed E-state index contributed by atoms with van der Waals surface area (Å²) >= 11 is 0. The minimum atomic E-state index is -3.50. The largest absolute Gasteiger partial charge is 0.336 e. The van der Waals surface area contributed by atoms with Gasteiger partial charge >= 0.3 is 0 Å². The lowest BCUT2D eigenvalue weighted by atomic mass is 10.2. The van der Waals surface area contributed by atoms with Crippen LogP contribution in [0.1, 0.15) is 36.0 Å². The molecule has 1 saturated heterocycles. The van der Waals surface area contributed by atoms with Crippen LogP contribution in [0.5, 0.6) is 0 Å². The lowest BCUT2D eigenvalue weighted by Gasteiger charge is -2.32. The Kier molecular flexibility index (Phi) is 5.22. The Morgan fingerprint density at radius 2 is 1.62 bits per heavy atom. The van der Waals surface area contributed by atoms with E-state index < -0.39 is 10.0 Å². The predicted octanol–water partition coefficient (Wildman–Crippen LogP) is 1.30. The topological polar surface area (TPSA) is 69.7 Å². The zero-order valence-electron chi connectivity index (χ0n) is 14.1. The summed E-state index contributed by atoms with van der Waals surface area (Å²) in [6.45, 7) is 3.14. The summed E-state index contributed by atoms with van der Waals surface area (Å²) in [5.74, 6) is -0.0317. The van der Waals surface area contributed by atoms with Gasteiger partial charge in [-0.1, -0.05) is 12.8 Å². The number of carbonyl (C=O) groups is 1. The molecule has 0 bridgehead atoms. The van der Waals surface area contributed by atoms with Crippen molar-refractivity contribution in [2.45, 2.75) is 36.6 Å². The molecule has 0 aromatic heterocycles. The maximum atomic E-state index is 12.5. The average Bonchev–Trinajstić information content (AvgIpc) is 3.07. The molecule has 2 fully saturated rings. The monoisotopic (exact) mass is 351 g/mol. The number of benzene rings is 1. The Balaban J connectivity index is 1.67. The highest BCUT2D eigenvalue weighted by Gasteiger charge is 2.24. The molecule has 1 heterocycles. The van der Waals surface area contributed by atoms with Gasteiger partial charge in [0.1, 0.15) is 0 Å². The van der Waals surface area contributed by atoms with E-state index in [0.717, 1.165) is 38.8 Å². The van der Waals surface area contributed by atoms with E-state index >= 15 is 0 Å². The highest BCUT2D eigenvalue weighted by Crippen LogP contribution is 2.21. The molecular weight excluding hydrogens is 326 g/mol. The molecule has 132 valence electrons. The molecule has 3 rings (SSSR count). The zero-order chi connectivity index (χ0) is 17.2. The maximum absolute atomic E-state index is 12.5. The Bertz CT molecular complexity index is 674. The van der Waals surface area contributed by atoms with E-state index in [0.29, 0.717) is 18.7 Å². The lowest BCUT2D eigenvalue weighted by Crippen LogP contribution is -2.47. The number of rotatable bonds is 4. The molecule has 1 aliphatic heterocycles. The van der Waals surface area contributed by atoms with Crippen LogP contribution in [0.4, 0.5) is 0 Å². The fraction of sp³-hybridized carbons (Fsp3) is 0.588. The molecule has 0 radical (unpaired) electrons. The highest BCUT2D eigenvalue weighted by atomic mass is 32.2. The van der Waals surface area contributed by atoms with Gasteiger partial charge in [-0.05, 0) is 44.2 Å². The third-order valence-corrected chi connectivity index (χ3v) is 6.42. The van der Waals surface area contributed by atoms with E-state index in [2.05, 4.69) is 9.62 Å². The minimum Gasteiger partial charge on any atom is -0.336 e. The van der Waals surface area contributed by atoms with Gasteiger partial charge in [-0.2, -0.15) is 0 Å². The van der Waals surface area contributed by atoms with Gasteiger partial charge in [0, 0.05) is 37.8 Å². The number of carbonyl (C=O) groups excluding carboxylic acids is 1. The number of sulfonamides is 1. The maximum Gasteiger partial charge on any atom is 0.253 e. The van der Waals surface area contributed by atoms with Gasteiger partial charge < -0.3 is 9.80 Å². The quantitative estimate of drug-likeness (QED) is 0.888. The van der Waals surface area contributed by atoms with Crippen molar-refractivity contribution in [2.24, 2.45) is 0 Å². The normalized spacial score (nSPS) is 20.5. The van der Waals surface area contributed by atoms with E-state index in [1.807, 2.05) is 11.9 Å². The Hall–Kier alpha value is -1.44. The molecule has 1 aromatic rings. The summed E-state index contributed by atoms with van der Waals surface area (Å²) in [5, 5.41) is 0. The molecule has 6 nitrogen and oxygen atoms in total. The molecular formula is C17H25N3O3S. The fourth-order valence-corrected chi connectivity index (χ4v) is 4.60. The van der Waals surface area contributed by atoms with Crippen molar-refractivity contribution >= 4 is 15.9 Å². The third kappa shape index (κ3) is 3.96. The van der Waals surface area contributed by atoms with Crippen LogP contribution in [0.25, 0.3) is 0 Å². The van der Waals surface area contributed by atoms with Gasteiger partial charge in [-0.15, -0.1) is 0 Å². The molecule has 1 saturated carbocycles. The second-order valence-corrected chi connectivity index (χ2v) is 8.44. The van der Waals surface area contributed by atoms with Gasteiger partial charge in [0.25, 0.3) is 5.91 Å². The minimum absolute atomic E-state index is 0.0317. The molecule has 0 unspecified atom stereocenters. The third-order valence-electron chi connectivity index (χ3n) is 4.88. The van der Waals surface area contributed by atoms with Gasteiger partial charge in [0.05, 0.1) is 4.90 Å². The second-order valence-electron chi connectivity index (χ2n) is 6.72. The number of nitrogens with zero attached hydrogens (tertiary/aromatic N) is 2. The van der Waals surface area contributed by atoms with E-state index in [9.17, 15) is 13.2 Å². The van der Waals surface area contributed by atoms with Crippen LogP contribution in [0.3, 0.4) is 0 Å². The summed E-state index contributed by atoms with van der Waals surface area (Å²) in [4.78, 5) is 16.7. The summed E-state index contributed by atoms with van der Waals surface area (Å²) in [6.07, 6.45) is 3.95. The number of hydrogen-bond acceptors (Lipinski definition) is 4. The Labute approximate surface area is 143 Å². The van der Waals surface area contributed by atoms with Crippen LogP contribution < -0.4 is 4.72 Å². The van der Waals surface area contributed by atoms with Gasteiger partial charge in [-0.3, -0.25) is 4.79 Å². The molecule has 1 N–H and O–H groups in total. The van der Waals surface area contributed by atoms with Crippen molar-refractivity contribution in [2.75, 3.05) is 33.2 Å². The van der Waals surface area contributed by atoms with Crippen molar-refractivity contribution in [3.05, 3.63) is 29.8 Å². The molecule has 2 aliphatic rings.